The van der Waals surface area contributed by atoms with Gasteiger partial charge in [0.2, 0.25) is 5.82 Å². The maximum absolute atomic E-state index is 13.7. The third-order valence-corrected chi connectivity index (χ3v) is 4.57. The van der Waals surface area contributed by atoms with Gasteiger partial charge in [-0.3, -0.25) is 14.9 Å². The Morgan fingerprint density at radius 2 is 2.03 bits per heavy atom. The lowest BCUT2D eigenvalue weighted by Crippen LogP contribution is -2.33. The van der Waals surface area contributed by atoms with Crippen molar-refractivity contribution in [2.24, 2.45) is 4.99 Å². The van der Waals surface area contributed by atoms with Crippen LogP contribution in [-0.4, -0.2) is 49.0 Å². The molecule has 0 aliphatic heterocycles. The van der Waals surface area contributed by atoms with Crippen LogP contribution in [0.3, 0.4) is 0 Å². The maximum Gasteiger partial charge on any atom is 0.419 e. The van der Waals surface area contributed by atoms with Gasteiger partial charge in [0.15, 0.2) is 11.5 Å². The lowest BCUT2D eigenvalue weighted by molar-refractivity contribution is -0.139. The first-order chi connectivity index (χ1) is 14.4. The monoisotopic (exact) mass is 470 g/mol. The highest BCUT2D eigenvalue weighted by Crippen LogP contribution is 2.33. The quantitative estimate of drug-likeness (QED) is 0.142. The molecule has 0 aliphatic rings. The van der Waals surface area contributed by atoms with Gasteiger partial charge in [-0.15, -0.1) is 0 Å². The van der Waals surface area contributed by atoms with E-state index in [1.54, 1.807) is 19.3 Å². The van der Waals surface area contributed by atoms with Gasteiger partial charge in [0, 0.05) is 18.7 Å². The van der Waals surface area contributed by atoms with Gasteiger partial charge in [-0.1, -0.05) is 0 Å². The molecule has 0 saturated heterocycles. The number of nitrogens with zero attached hydrogens (tertiary/aromatic N) is 3. The Labute approximate surface area is 173 Å². The number of rotatable bonds is 9. The second kappa shape index (κ2) is 9.99. The molecule has 0 amide bonds. The molecule has 0 radical (unpaired) electrons. The molecule has 0 saturated carbocycles. The van der Waals surface area contributed by atoms with Crippen LogP contribution in [0.2, 0.25) is 0 Å². The molecule has 0 fully saturated rings. The number of aliphatic imine (C=N–C) groups is 1. The molecule has 2 rings (SSSR count). The first-order valence-electron chi connectivity index (χ1n) is 8.52. The van der Waals surface area contributed by atoms with Crippen LogP contribution in [0.4, 0.5) is 29.1 Å². The molecular formula is C15H18F4N6O5S. The number of alkyl halides is 3. The Kier molecular flexibility index (Phi) is 7.88. The summed E-state index contributed by atoms with van der Waals surface area (Å²) in [6.07, 6.45) is -4.88. The lowest BCUT2D eigenvalue weighted by Gasteiger charge is -2.10. The third-order valence-electron chi connectivity index (χ3n) is 3.33. The van der Waals surface area contributed by atoms with Crippen molar-refractivity contribution in [3.05, 3.63) is 35.3 Å². The van der Waals surface area contributed by atoms with Crippen molar-refractivity contribution in [2.75, 3.05) is 18.5 Å². The van der Waals surface area contributed by atoms with Gasteiger partial charge in [-0.2, -0.15) is 26.3 Å². The zero-order chi connectivity index (χ0) is 23.2. The molecule has 172 valence electrons. The summed E-state index contributed by atoms with van der Waals surface area (Å²) in [6, 6.07) is 1.52. The average molecular weight is 470 g/mol. The summed E-state index contributed by atoms with van der Waals surface area (Å²) in [7, 11) is -3.95. The molecule has 4 N–H and O–H groups in total. The highest BCUT2D eigenvalue weighted by Gasteiger charge is 2.34. The van der Waals surface area contributed by atoms with Crippen LogP contribution in [0, 0.1) is 5.82 Å². The van der Waals surface area contributed by atoms with Gasteiger partial charge in [-0.05, 0) is 36.3 Å². The predicted octanol–water partition coefficient (Wildman–Crippen LogP) is 1.96. The topological polar surface area (TPSA) is 151 Å². The van der Waals surface area contributed by atoms with Crippen molar-refractivity contribution in [1.82, 2.24) is 20.5 Å². The third kappa shape index (κ3) is 7.12. The minimum absolute atomic E-state index is 0.0894. The van der Waals surface area contributed by atoms with Crippen molar-refractivity contribution < 1.29 is 40.0 Å². The van der Waals surface area contributed by atoms with E-state index in [0.29, 0.717) is 12.1 Å². The molecule has 1 aromatic carbocycles. The van der Waals surface area contributed by atoms with Crippen molar-refractivity contribution >= 4 is 27.6 Å². The largest absolute Gasteiger partial charge is 0.419 e. The second-order valence-corrected chi connectivity index (χ2v) is 7.55. The zero-order valence-corrected chi connectivity index (χ0v) is 16.9. The van der Waals surface area contributed by atoms with E-state index >= 15 is 0 Å². The first-order valence-corrected chi connectivity index (χ1v) is 9.93. The number of aromatic nitrogens is 2. The van der Waals surface area contributed by atoms with Crippen molar-refractivity contribution in [3.8, 4) is 0 Å². The predicted molar refractivity (Wildman–Crippen MR) is 98.5 cm³/mol. The maximum atomic E-state index is 13.7. The SMILES string of the molecule is CC(C)NS(=O)(=O)OCCNc1nonc1C(=Nc1ccc(C(F)(F)F)c(F)c1)NO. The van der Waals surface area contributed by atoms with Crippen LogP contribution in [0.25, 0.3) is 0 Å². The van der Waals surface area contributed by atoms with Crippen molar-refractivity contribution in [1.29, 1.82) is 0 Å². The molecule has 31 heavy (non-hydrogen) atoms. The van der Waals surface area contributed by atoms with E-state index in [1.807, 2.05) is 0 Å². The summed E-state index contributed by atoms with van der Waals surface area (Å²) in [6.45, 7) is 2.82. The molecule has 0 spiro atoms. The second-order valence-electron chi connectivity index (χ2n) is 6.17. The fourth-order valence-corrected chi connectivity index (χ4v) is 3.12. The summed E-state index contributed by atoms with van der Waals surface area (Å²) in [5, 5.41) is 18.9. The van der Waals surface area contributed by atoms with Gasteiger partial charge >= 0.3 is 16.5 Å². The highest BCUT2D eigenvalue weighted by atomic mass is 32.2. The van der Waals surface area contributed by atoms with E-state index < -0.39 is 33.7 Å². The molecule has 16 heteroatoms. The van der Waals surface area contributed by atoms with Crippen molar-refractivity contribution in [2.45, 2.75) is 26.1 Å². The van der Waals surface area contributed by atoms with Gasteiger partial charge in [0.25, 0.3) is 0 Å². The summed E-state index contributed by atoms with van der Waals surface area (Å²) >= 11 is 0. The molecule has 2 aromatic rings. The molecule has 0 atom stereocenters. The van der Waals surface area contributed by atoms with E-state index in [9.17, 15) is 31.2 Å². The minimum Gasteiger partial charge on any atom is -0.363 e. The summed E-state index contributed by atoms with van der Waals surface area (Å²) in [5.41, 5.74) is -0.305. The van der Waals surface area contributed by atoms with Crippen LogP contribution >= 0.6 is 0 Å². The highest BCUT2D eigenvalue weighted by molar-refractivity contribution is 7.84. The van der Waals surface area contributed by atoms with E-state index in [4.69, 9.17) is 4.18 Å². The fraction of sp³-hybridized carbons (Fsp3) is 0.400. The smallest absolute Gasteiger partial charge is 0.363 e. The van der Waals surface area contributed by atoms with Crippen LogP contribution in [0.15, 0.2) is 27.8 Å². The number of hydroxylamine groups is 1. The molecule has 1 heterocycles. The Morgan fingerprint density at radius 3 is 2.61 bits per heavy atom. The summed E-state index contributed by atoms with van der Waals surface area (Å²) < 4.78 is 86.2. The van der Waals surface area contributed by atoms with E-state index in [-0.39, 0.29) is 36.4 Å². The molecule has 0 unspecified atom stereocenters. The molecular weight excluding hydrogens is 452 g/mol. The number of anilines is 1. The van der Waals surface area contributed by atoms with E-state index in [1.165, 1.54) is 0 Å². The van der Waals surface area contributed by atoms with Crippen LogP contribution in [-0.2, 0) is 20.7 Å². The molecule has 0 aliphatic carbocycles. The Hall–Kier alpha value is -2.82. The van der Waals surface area contributed by atoms with Gasteiger partial charge in [0.1, 0.15) is 5.82 Å². The number of hydrogen-bond acceptors (Lipinski definition) is 9. The van der Waals surface area contributed by atoms with E-state index in [0.717, 1.165) is 6.07 Å². The van der Waals surface area contributed by atoms with Crippen LogP contribution < -0.4 is 15.5 Å². The minimum atomic E-state index is -4.88. The van der Waals surface area contributed by atoms with Gasteiger partial charge < -0.3 is 5.32 Å². The van der Waals surface area contributed by atoms with Gasteiger partial charge in [-0.25, -0.2) is 14.0 Å². The van der Waals surface area contributed by atoms with Crippen molar-refractivity contribution in [3.63, 3.8) is 0 Å². The lowest BCUT2D eigenvalue weighted by atomic mass is 10.2. The van der Waals surface area contributed by atoms with E-state index in [2.05, 4.69) is 30.0 Å². The van der Waals surface area contributed by atoms with Gasteiger partial charge in [0.05, 0.1) is 17.9 Å². The number of nitrogens with one attached hydrogen (secondary N) is 3. The number of benzene rings is 1. The Balaban J connectivity index is 2.11. The van der Waals surface area contributed by atoms with Crippen LogP contribution in [0.1, 0.15) is 25.1 Å². The Bertz CT molecular complexity index is 1030. The summed E-state index contributed by atoms with van der Waals surface area (Å²) in [5.74, 6) is -2.10. The molecule has 0 bridgehead atoms. The molecule has 11 nitrogen and oxygen atoms in total. The average Bonchev–Trinajstić information content (AvgIpc) is 3.09. The number of hydrogen-bond donors (Lipinski definition) is 4. The first kappa shape index (κ1) is 24.4. The normalized spacial score (nSPS) is 13.0. The number of halogens is 4. The molecule has 1 aromatic heterocycles. The number of amidine groups is 1. The fourth-order valence-electron chi connectivity index (χ4n) is 2.17. The zero-order valence-electron chi connectivity index (χ0n) is 16.1. The van der Waals surface area contributed by atoms with Crippen LogP contribution in [0.5, 0.6) is 0 Å². The standard InChI is InChI=1S/C15H18F4N6O5S/c1-8(2)25-31(27,28)29-6-5-20-13-12(23-30-24-13)14(22-26)21-9-3-4-10(11(16)7-9)15(17,18)19/h3-4,7-8,25-26H,5-6H2,1-2H3,(H,20,24)(H,21,22). The Morgan fingerprint density at radius 1 is 1.32 bits per heavy atom. The summed E-state index contributed by atoms with van der Waals surface area (Å²) in [4.78, 5) is 3.77.